The lowest BCUT2D eigenvalue weighted by molar-refractivity contribution is -0.153. The number of sulfonamides is 1. The van der Waals surface area contributed by atoms with Crippen molar-refractivity contribution in [2.24, 2.45) is 0 Å². The van der Waals surface area contributed by atoms with Gasteiger partial charge in [-0.2, -0.15) is 4.31 Å². The van der Waals surface area contributed by atoms with Crippen molar-refractivity contribution in [1.82, 2.24) is 14.5 Å². The number of halogens is 1. The lowest BCUT2D eigenvalue weighted by Crippen LogP contribution is -2.69. The molecule has 3 rings (SSSR count). The first kappa shape index (κ1) is 22.9. The van der Waals surface area contributed by atoms with Crippen LogP contribution in [0.3, 0.4) is 0 Å². The molecule has 1 heterocycles. The van der Waals surface area contributed by atoms with Crippen LogP contribution in [-0.2, 0) is 32.7 Å². The minimum Gasteiger partial charge on any atom is -0.350 e. The predicted octanol–water partition coefficient (Wildman–Crippen LogP) is 1.81. The molecule has 1 aliphatic rings. The van der Waals surface area contributed by atoms with Gasteiger partial charge in [0.05, 0.1) is 12.8 Å². The molecule has 9 heteroatoms. The number of carbonyl (C=O) groups is 2. The second kappa shape index (κ2) is 8.76. The third-order valence-electron chi connectivity index (χ3n) is 5.44. The minimum absolute atomic E-state index is 0.125. The molecular formula is C22H26FN3O4S. The van der Waals surface area contributed by atoms with Crippen molar-refractivity contribution in [2.45, 2.75) is 32.5 Å². The Hall–Kier alpha value is -2.78. The van der Waals surface area contributed by atoms with E-state index in [2.05, 4.69) is 5.32 Å². The highest BCUT2D eigenvalue weighted by atomic mass is 32.2. The van der Waals surface area contributed by atoms with Crippen molar-refractivity contribution in [1.29, 1.82) is 0 Å². The SMILES string of the molecule is Cc1cccc(CN2C(=O)CN(S(C)(=O)=O)C[C@]2(C)C(=O)NCc2ccc(F)cc2)c1. The van der Waals surface area contributed by atoms with Crippen LogP contribution in [-0.4, -0.2) is 54.3 Å². The fourth-order valence-corrected chi connectivity index (χ4v) is 4.49. The van der Waals surface area contributed by atoms with Gasteiger partial charge in [0.1, 0.15) is 11.4 Å². The van der Waals surface area contributed by atoms with Crippen LogP contribution in [0.4, 0.5) is 4.39 Å². The standard InChI is InChI=1S/C22H26FN3O4S/c1-16-5-4-6-18(11-16)13-26-20(27)14-25(31(3,29)30)15-22(26,2)21(28)24-12-17-7-9-19(23)10-8-17/h4-11H,12-15H2,1-3H3,(H,24,28)/t22-/m1/s1. The number of rotatable bonds is 6. The number of piperazine rings is 1. The number of aryl methyl sites for hydroxylation is 1. The van der Waals surface area contributed by atoms with Gasteiger partial charge in [0, 0.05) is 19.6 Å². The monoisotopic (exact) mass is 447 g/mol. The molecule has 0 bridgehead atoms. The van der Waals surface area contributed by atoms with E-state index in [9.17, 15) is 22.4 Å². The van der Waals surface area contributed by atoms with Crippen molar-refractivity contribution in [3.8, 4) is 0 Å². The molecule has 0 spiro atoms. The minimum atomic E-state index is -3.67. The summed E-state index contributed by atoms with van der Waals surface area (Å²) in [5, 5.41) is 2.77. The van der Waals surface area contributed by atoms with E-state index in [-0.39, 0.29) is 32.0 Å². The van der Waals surface area contributed by atoms with E-state index in [1.165, 1.54) is 17.0 Å². The average molecular weight is 448 g/mol. The van der Waals surface area contributed by atoms with Crippen LogP contribution in [0.15, 0.2) is 48.5 Å². The molecule has 1 fully saturated rings. The number of hydrogen-bond acceptors (Lipinski definition) is 4. The van der Waals surface area contributed by atoms with Crippen LogP contribution in [0.25, 0.3) is 0 Å². The molecule has 31 heavy (non-hydrogen) atoms. The third kappa shape index (κ3) is 5.29. The molecule has 2 amide bonds. The zero-order chi connectivity index (χ0) is 22.8. The fourth-order valence-electron chi connectivity index (χ4n) is 3.66. The van der Waals surface area contributed by atoms with Gasteiger partial charge < -0.3 is 10.2 Å². The topological polar surface area (TPSA) is 86.8 Å². The molecular weight excluding hydrogens is 421 g/mol. The van der Waals surface area contributed by atoms with Gasteiger partial charge >= 0.3 is 0 Å². The molecule has 1 N–H and O–H groups in total. The summed E-state index contributed by atoms with van der Waals surface area (Å²) in [5.74, 6) is -1.31. The maximum absolute atomic E-state index is 13.2. The quantitative estimate of drug-likeness (QED) is 0.732. The molecule has 2 aromatic carbocycles. The first-order chi connectivity index (χ1) is 14.5. The van der Waals surface area contributed by atoms with Crippen molar-refractivity contribution in [2.75, 3.05) is 19.3 Å². The molecule has 1 atom stereocenters. The van der Waals surface area contributed by atoms with E-state index in [1.807, 2.05) is 31.2 Å². The summed E-state index contributed by atoms with van der Waals surface area (Å²) in [7, 11) is -3.67. The lowest BCUT2D eigenvalue weighted by Gasteiger charge is -2.46. The lowest BCUT2D eigenvalue weighted by atomic mass is 9.94. The highest BCUT2D eigenvalue weighted by molar-refractivity contribution is 7.88. The number of hydrogen-bond donors (Lipinski definition) is 1. The van der Waals surface area contributed by atoms with Crippen LogP contribution < -0.4 is 5.32 Å². The average Bonchev–Trinajstić information content (AvgIpc) is 2.69. The first-order valence-electron chi connectivity index (χ1n) is 9.83. The smallest absolute Gasteiger partial charge is 0.247 e. The Morgan fingerprint density at radius 1 is 1.16 bits per heavy atom. The molecule has 2 aromatic rings. The van der Waals surface area contributed by atoms with Crippen LogP contribution in [0.1, 0.15) is 23.6 Å². The second-order valence-corrected chi connectivity index (χ2v) is 10.1. The zero-order valence-electron chi connectivity index (χ0n) is 17.8. The summed E-state index contributed by atoms with van der Waals surface area (Å²) < 4.78 is 38.5. The summed E-state index contributed by atoms with van der Waals surface area (Å²) >= 11 is 0. The van der Waals surface area contributed by atoms with Gasteiger partial charge in [0.2, 0.25) is 21.8 Å². The van der Waals surface area contributed by atoms with Gasteiger partial charge in [0.25, 0.3) is 0 Å². The normalized spacial score (nSPS) is 20.0. The van der Waals surface area contributed by atoms with E-state index in [0.29, 0.717) is 5.56 Å². The van der Waals surface area contributed by atoms with Crippen LogP contribution in [0.5, 0.6) is 0 Å². The molecule has 166 valence electrons. The Kier molecular flexibility index (Phi) is 6.47. The predicted molar refractivity (Wildman–Crippen MR) is 115 cm³/mol. The summed E-state index contributed by atoms with van der Waals surface area (Å²) in [4.78, 5) is 27.6. The van der Waals surface area contributed by atoms with E-state index in [0.717, 1.165) is 21.7 Å². The fraction of sp³-hybridized carbons (Fsp3) is 0.364. The Labute approximate surface area is 181 Å². The van der Waals surface area contributed by atoms with E-state index in [4.69, 9.17) is 0 Å². The van der Waals surface area contributed by atoms with Crippen molar-refractivity contribution in [3.63, 3.8) is 0 Å². The largest absolute Gasteiger partial charge is 0.350 e. The molecule has 1 aliphatic heterocycles. The summed E-state index contributed by atoms with van der Waals surface area (Å²) in [6.45, 7) is 3.34. The maximum atomic E-state index is 13.2. The van der Waals surface area contributed by atoms with Gasteiger partial charge in [0.15, 0.2) is 0 Å². The Morgan fingerprint density at radius 2 is 1.84 bits per heavy atom. The van der Waals surface area contributed by atoms with Crippen molar-refractivity contribution >= 4 is 21.8 Å². The van der Waals surface area contributed by atoms with Gasteiger partial charge in [-0.1, -0.05) is 42.0 Å². The molecule has 0 radical (unpaired) electrons. The highest BCUT2D eigenvalue weighted by Crippen LogP contribution is 2.27. The number of carbonyl (C=O) groups excluding carboxylic acids is 2. The molecule has 0 aliphatic carbocycles. The van der Waals surface area contributed by atoms with Crippen LogP contribution >= 0.6 is 0 Å². The summed E-state index contributed by atoms with van der Waals surface area (Å²) in [6.07, 6.45) is 1.02. The van der Waals surface area contributed by atoms with E-state index in [1.54, 1.807) is 19.1 Å². The van der Waals surface area contributed by atoms with E-state index < -0.39 is 27.4 Å². The van der Waals surface area contributed by atoms with Crippen LogP contribution in [0, 0.1) is 12.7 Å². The Balaban J connectivity index is 1.88. The van der Waals surface area contributed by atoms with Crippen molar-refractivity contribution in [3.05, 3.63) is 71.0 Å². The van der Waals surface area contributed by atoms with Gasteiger partial charge in [-0.25, -0.2) is 12.8 Å². The molecule has 0 aromatic heterocycles. The van der Waals surface area contributed by atoms with Crippen molar-refractivity contribution < 1.29 is 22.4 Å². The molecule has 1 saturated heterocycles. The highest BCUT2D eigenvalue weighted by Gasteiger charge is 2.49. The first-order valence-corrected chi connectivity index (χ1v) is 11.7. The Bertz CT molecular complexity index is 1090. The number of nitrogens with zero attached hydrogens (tertiary/aromatic N) is 2. The summed E-state index contributed by atoms with van der Waals surface area (Å²) in [5.41, 5.74) is 1.13. The third-order valence-corrected chi connectivity index (χ3v) is 6.64. The maximum Gasteiger partial charge on any atom is 0.247 e. The second-order valence-electron chi connectivity index (χ2n) is 8.08. The van der Waals surface area contributed by atoms with Gasteiger partial charge in [-0.15, -0.1) is 0 Å². The summed E-state index contributed by atoms with van der Waals surface area (Å²) in [6, 6.07) is 13.3. The Morgan fingerprint density at radius 3 is 2.45 bits per heavy atom. The number of benzene rings is 2. The van der Waals surface area contributed by atoms with Gasteiger partial charge in [-0.3, -0.25) is 9.59 Å². The molecule has 7 nitrogen and oxygen atoms in total. The zero-order valence-corrected chi connectivity index (χ0v) is 18.6. The van der Waals surface area contributed by atoms with E-state index >= 15 is 0 Å². The number of amides is 2. The molecule has 0 unspecified atom stereocenters. The molecule has 0 saturated carbocycles. The van der Waals surface area contributed by atoms with Gasteiger partial charge in [-0.05, 0) is 37.1 Å². The number of nitrogens with one attached hydrogen (secondary N) is 1. The van der Waals surface area contributed by atoms with Crippen LogP contribution in [0.2, 0.25) is 0 Å².